The second kappa shape index (κ2) is 4.31. The van der Waals surface area contributed by atoms with E-state index in [1.165, 1.54) is 6.07 Å². The first-order valence-electron chi connectivity index (χ1n) is 4.32. The molecule has 1 rings (SSSR count). The fourth-order valence-electron chi connectivity index (χ4n) is 1.27. The summed E-state index contributed by atoms with van der Waals surface area (Å²) in [6.45, 7) is 1.61. The van der Waals surface area contributed by atoms with E-state index in [4.69, 9.17) is 23.1 Å². The normalized spacial score (nSPS) is 12.1. The Kier molecular flexibility index (Phi) is 3.31. The van der Waals surface area contributed by atoms with Crippen LogP contribution in [0.15, 0.2) is 18.2 Å². The minimum absolute atomic E-state index is 0.230. The number of amides is 2. The lowest BCUT2D eigenvalue weighted by molar-refractivity contribution is -0.119. The van der Waals surface area contributed by atoms with Crippen molar-refractivity contribution in [1.82, 2.24) is 0 Å². The molecule has 4 nitrogen and oxygen atoms in total. The van der Waals surface area contributed by atoms with Gasteiger partial charge in [0.1, 0.15) is 0 Å². The monoisotopic (exact) mass is 226 g/mol. The van der Waals surface area contributed by atoms with Crippen LogP contribution in [-0.4, -0.2) is 11.8 Å². The van der Waals surface area contributed by atoms with Crippen LogP contribution in [-0.2, 0) is 4.79 Å². The Balaban J connectivity index is 3.28. The summed E-state index contributed by atoms with van der Waals surface area (Å²) in [4.78, 5) is 22.1. The maximum Gasteiger partial charge on any atom is 0.249 e. The molecule has 2 amide bonds. The second-order valence-electron chi connectivity index (χ2n) is 3.22. The van der Waals surface area contributed by atoms with Gasteiger partial charge in [0.05, 0.1) is 5.92 Å². The van der Waals surface area contributed by atoms with Crippen molar-refractivity contribution in [3.63, 3.8) is 0 Å². The molecular weight excluding hydrogens is 216 g/mol. The van der Waals surface area contributed by atoms with Crippen LogP contribution < -0.4 is 11.5 Å². The number of halogens is 1. The molecular formula is C10H11ClN2O2. The zero-order chi connectivity index (χ0) is 11.6. The van der Waals surface area contributed by atoms with Crippen LogP contribution in [0.4, 0.5) is 0 Å². The van der Waals surface area contributed by atoms with Crippen molar-refractivity contribution in [3.8, 4) is 0 Å². The van der Waals surface area contributed by atoms with Gasteiger partial charge in [-0.25, -0.2) is 0 Å². The molecule has 0 aliphatic rings. The van der Waals surface area contributed by atoms with E-state index in [0.717, 1.165) is 0 Å². The number of primary amides is 2. The summed E-state index contributed by atoms with van der Waals surface area (Å²) in [6, 6.07) is 4.60. The van der Waals surface area contributed by atoms with Gasteiger partial charge >= 0.3 is 0 Å². The highest BCUT2D eigenvalue weighted by molar-refractivity contribution is 6.31. The largest absolute Gasteiger partial charge is 0.369 e. The maximum absolute atomic E-state index is 11.1. The first-order chi connectivity index (χ1) is 6.93. The molecule has 1 aromatic rings. The predicted octanol–water partition coefficient (Wildman–Crippen LogP) is 1.03. The van der Waals surface area contributed by atoms with E-state index in [1.807, 2.05) is 0 Å². The molecule has 4 N–H and O–H groups in total. The predicted molar refractivity (Wildman–Crippen MR) is 57.6 cm³/mol. The topological polar surface area (TPSA) is 86.2 Å². The summed E-state index contributed by atoms with van der Waals surface area (Å²) in [5, 5.41) is 0.393. The Morgan fingerprint density at radius 2 is 1.93 bits per heavy atom. The molecule has 0 heterocycles. The number of rotatable bonds is 3. The van der Waals surface area contributed by atoms with Crippen molar-refractivity contribution in [1.29, 1.82) is 0 Å². The van der Waals surface area contributed by atoms with Gasteiger partial charge < -0.3 is 11.5 Å². The van der Waals surface area contributed by atoms with Crippen LogP contribution in [0.5, 0.6) is 0 Å². The first kappa shape index (κ1) is 11.5. The van der Waals surface area contributed by atoms with Crippen molar-refractivity contribution < 1.29 is 9.59 Å². The van der Waals surface area contributed by atoms with Gasteiger partial charge in [-0.1, -0.05) is 17.7 Å². The van der Waals surface area contributed by atoms with Gasteiger partial charge in [0, 0.05) is 10.6 Å². The van der Waals surface area contributed by atoms with E-state index < -0.39 is 17.7 Å². The summed E-state index contributed by atoms with van der Waals surface area (Å²) < 4.78 is 0. The third kappa shape index (κ3) is 2.47. The second-order valence-corrected chi connectivity index (χ2v) is 3.66. The van der Waals surface area contributed by atoms with Crippen LogP contribution in [0.1, 0.15) is 28.8 Å². The van der Waals surface area contributed by atoms with E-state index in [9.17, 15) is 9.59 Å². The Hall–Kier alpha value is -1.55. The molecule has 0 unspecified atom stereocenters. The highest BCUT2D eigenvalue weighted by atomic mass is 35.5. The molecule has 0 aromatic heterocycles. The van der Waals surface area contributed by atoms with E-state index in [2.05, 4.69) is 0 Å². The molecule has 0 bridgehead atoms. The first-order valence-corrected chi connectivity index (χ1v) is 4.70. The zero-order valence-corrected chi connectivity index (χ0v) is 8.91. The zero-order valence-electron chi connectivity index (χ0n) is 8.16. The average molecular weight is 227 g/mol. The fraction of sp³-hybridized carbons (Fsp3) is 0.200. The van der Waals surface area contributed by atoms with E-state index in [-0.39, 0.29) is 5.56 Å². The third-order valence-corrected chi connectivity index (χ3v) is 2.41. The minimum atomic E-state index is -0.624. The van der Waals surface area contributed by atoms with Crippen LogP contribution in [0.3, 0.4) is 0 Å². The standard InChI is InChI=1S/C10H11ClN2O2/c1-5(9(12)14)7-3-2-6(11)4-8(7)10(13)15/h2-5H,1H3,(H2,12,14)(H2,13,15)/t5-/m0/s1. The Morgan fingerprint density at radius 3 is 2.40 bits per heavy atom. The molecule has 0 radical (unpaired) electrons. The number of hydrogen-bond acceptors (Lipinski definition) is 2. The molecule has 80 valence electrons. The summed E-state index contributed by atoms with van der Waals surface area (Å²) in [5.74, 6) is -1.70. The van der Waals surface area contributed by atoms with E-state index in [1.54, 1.807) is 19.1 Å². The van der Waals surface area contributed by atoms with Crippen molar-refractivity contribution in [2.45, 2.75) is 12.8 Å². The van der Waals surface area contributed by atoms with E-state index >= 15 is 0 Å². The lowest BCUT2D eigenvalue weighted by Gasteiger charge is -2.11. The third-order valence-electron chi connectivity index (χ3n) is 2.17. The van der Waals surface area contributed by atoms with Crippen LogP contribution in [0, 0.1) is 0 Å². The lowest BCUT2D eigenvalue weighted by Crippen LogP contribution is -2.22. The number of hydrogen-bond donors (Lipinski definition) is 2. The van der Waals surface area contributed by atoms with Gasteiger partial charge in [0.2, 0.25) is 11.8 Å². The summed E-state index contributed by atoms with van der Waals surface area (Å²) in [7, 11) is 0. The number of carbonyl (C=O) groups is 2. The molecule has 1 aromatic carbocycles. The van der Waals surface area contributed by atoms with Gasteiger partial charge in [-0.3, -0.25) is 9.59 Å². The maximum atomic E-state index is 11.1. The summed E-state index contributed by atoms with van der Waals surface area (Å²) in [5.41, 5.74) is 11.1. The highest BCUT2D eigenvalue weighted by Gasteiger charge is 2.18. The summed E-state index contributed by atoms with van der Waals surface area (Å²) in [6.07, 6.45) is 0. The Labute approximate surface area is 92.2 Å². The SMILES string of the molecule is C[C@H](C(N)=O)c1ccc(Cl)cc1C(N)=O. The molecule has 15 heavy (non-hydrogen) atoms. The minimum Gasteiger partial charge on any atom is -0.369 e. The van der Waals surface area contributed by atoms with Crippen molar-refractivity contribution >= 4 is 23.4 Å². The highest BCUT2D eigenvalue weighted by Crippen LogP contribution is 2.22. The number of nitrogens with two attached hydrogens (primary N) is 2. The Bertz CT molecular complexity index is 418. The van der Waals surface area contributed by atoms with Gasteiger partial charge in [-0.05, 0) is 24.6 Å². The number of carbonyl (C=O) groups excluding carboxylic acids is 2. The fourth-order valence-corrected chi connectivity index (χ4v) is 1.44. The van der Waals surface area contributed by atoms with Crippen molar-refractivity contribution in [2.24, 2.45) is 11.5 Å². The molecule has 0 aliphatic heterocycles. The molecule has 0 fully saturated rings. The smallest absolute Gasteiger partial charge is 0.249 e. The van der Waals surface area contributed by atoms with Crippen LogP contribution in [0.25, 0.3) is 0 Å². The van der Waals surface area contributed by atoms with Crippen LogP contribution in [0.2, 0.25) is 5.02 Å². The lowest BCUT2D eigenvalue weighted by atomic mass is 9.95. The van der Waals surface area contributed by atoms with Gasteiger partial charge in [-0.2, -0.15) is 0 Å². The molecule has 0 spiro atoms. The van der Waals surface area contributed by atoms with Crippen LogP contribution >= 0.6 is 11.6 Å². The van der Waals surface area contributed by atoms with Gasteiger partial charge in [0.25, 0.3) is 0 Å². The quantitative estimate of drug-likeness (QED) is 0.807. The molecule has 0 saturated carbocycles. The molecule has 5 heteroatoms. The average Bonchev–Trinajstić information content (AvgIpc) is 2.16. The van der Waals surface area contributed by atoms with Gasteiger partial charge in [0.15, 0.2) is 0 Å². The van der Waals surface area contributed by atoms with Crippen molar-refractivity contribution in [2.75, 3.05) is 0 Å². The molecule has 0 aliphatic carbocycles. The summed E-state index contributed by atoms with van der Waals surface area (Å²) >= 11 is 5.72. The number of benzene rings is 1. The molecule has 1 atom stereocenters. The Morgan fingerprint density at radius 1 is 1.33 bits per heavy atom. The van der Waals surface area contributed by atoms with E-state index in [0.29, 0.717) is 10.6 Å². The van der Waals surface area contributed by atoms with Crippen molar-refractivity contribution in [3.05, 3.63) is 34.3 Å². The van der Waals surface area contributed by atoms with Gasteiger partial charge in [-0.15, -0.1) is 0 Å². The molecule has 0 saturated heterocycles.